The fraction of sp³-hybridized carbons (Fsp3) is 0.455. The molecule has 0 saturated heterocycles. The van der Waals surface area contributed by atoms with Gasteiger partial charge in [-0.1, -0.05) is 0 Å². The molecule has 0 aliphatic heterocycles. The molecule has 1 rings (SSSR count). The van der Waals surface area contributed by atoms with Crippen LogP contribution >= 0.6 is 0 Å². The molecule has 0 aromatic carbocycles. The van der Waals surface area contributed by atoms with Crippen LogP contribution in [-0.4, -0.2) is 30.6 Å². The summed E-state index contributed by atoms with van der Waals surface area (Å²) in [4.78, 5) is 15.6. The van der Waals surface area contributed by atoms with Gasteiger partial charge in [0.2, 0.25) is 11.8 Å². The summed E-state index contributed by atoms with van der Waals surface area (Å²) in [5.74, 6) is 0.818. The molecule has 1 amide bonds. The van der Waals surface area contributed by atoms with E-state index in [4.69, 9.17) is 10.5 Å². The van der Waals surface area contributed by atoms with Gasteiger partial charge in [-0.25, -0.2) is 0 Å². The van der Waals surface area contributed by atoms with Crippen LogP contribution in [0, 0.1) is 0 Å². The number of amides is 1. The van der Waals surface area contributed by atoms with E-state index in [1.54, 1.807) is 19.1 Å². The maximum atomic E-state index is 11.5. The minimum absolute atomic E-state index is 0.0786. The molecule has 0 aliphatic carbocycles. The van der Waals surface area contributed by atoms with E-state index in [1.165, 1.54) is 7.11 Å². The first-order valence-electron chi connectivity index (χ1n) is 5.43. The number of pyridine rings is 1. The van der Waals surface area contributed by atoms with Gasteiger partial charge in [0.15, 0.2) is 0 Å². The molecule has 1 atom stereocenters. The average Bonchev–Trinajstić information content (AvgIpc) is 2.31. The number of hydrogen-bond acceptors (Lipinski definition) is 5. The van der Waals surface area contributed by atoms with Crippen LogP contribution < -0.4 is 21.1 Å². The summed E-state index contributed by atoms with van der Waals surface area (Å²) in [6.07, 6.45) is 0. The van der Waals surface area contributed by atoms with Crippen molar-refractivity contribution in [2.75, 3.05) is 24.7 Å². The number of nitrogens with zero attached hydrogens (tertiary/aromatic N) is 1. The molecule has 0 radical (unpaired) electrons. The fourth-order valence-corrected chi connectivity index (χ4v) is 1.31. The Balaban J connectivity index is 2.71. The smallest absolute Gasteiger partial charge is 0.242 e. The molecule has 0 spiro atoms. The van der Waals surface area contributed by atoms with Gasteiger partial charge >= 0.3 is 0 Å². The van der Waals surface area contributed by atoms with Crippen molar-refractivity contribution < 1.29 is 9.53 Å². The monoisotopic (exact) mass is 238 g/mol. The average molecular weight is 238 g/mol. The van der Waals surface area contributed by atoms with Crippen molar-refractivity contribution in [3.05, 3.63) is 12.1 Å². The van der Waals surface area contributed by atoms with Gasteiger partial charge in [-0.2, -0.15) is 4.98 Å². The number of anilines is 2. The highest BCUT2D eigenvalue weighted by atomic mass is 16.5. The number of methoxy groups -OCH3 is 1. The number of carbonyl (C=O) groups excluding carboxylic acids is 1. The van der Waals surface area contributed by atoms with E-state index in [2.05, 4.69) is 15.6 Å². The molecule has 4 N–H and O–H groups in total. The summed E-state index contributed by atoms with van der Waals surface area (Å²) in [6.45, 7) is 4.23. The second-order valence-electron chi connectivity index (χ2n) is 3.56. The van der Waals surface area contributed by atoms with E-state index in [-0.39, 0.29) is 11.9 Å². The summed E-state index contributed by atoms with van der Waals surface area (Å²) in [5.41, 5.74) is 6.11. The van der Waals surface area contributed by atoms with Crippen molar-refractivity contribution in [3.8, 4) is 5.88 Å². The molecule has 1 heterocycles. The van der Waals surface area contributed by atoms with Crippen LogP contribution in [0.15, 0.2) is 12.1 Å². The molecule has 6 nitrogen and oxygen atoms in total. The van der Waals surface area contributed by atoms with E-state index in [0.717, 1.165) is 0 Å². The molecule has 1 unspecified atom stereocenters. The fourth-order valence-electron chi connectivity index (χ4n) is 1.31. The summed E-state index contributed by atoms with van der Waals surface area (Å²) in [6, 6.07) is 3.02. The number of nitrogen functional groups attached to an aromatic ring is 1. The second-order valence-corrected chi connectivity index (χ2v) is 3.56. The van der Waals surface area contributed by atoms with Crippen LogP contribution in [0.5, 0.6) is 5.88 Å². The van der Waals surface area contributed by atoms with E-state index >= 15 is 0 Å². The molecular formula is C11H18N4O2. The summed E-state index contributed by atoms with van der Waals surface area (Å²) in [5, 5.41) is 5.69. The lowest BCUT2D eigenvalue weighted by atomic mass is 10.3. The van der Waals surface area contributed by atoms with Crippen LogP contribution in [0.25, 0.3) is 0 Å². The number of nitrogens with one attached hydrogen (secondary N) is 2. The Morgan fingerprint density at radius 1 is 1.59 bits per heavy atom. The van der Waals surface area contributed by atoms with Crippen LogP contribution in [0.4, 0.5) is 11.5 Å². The number of carbonyl (C=O) groups is 1. The van der Waals surface area contributed by atoms with Crippen LogP contribution in [-0.2, 0) is 4.79 Å². The molecule has 6 heteroatoms. The van der Waals surface area contributed by atoms with Gasteiger partial charge in [0.1, 0.15) is 11.9 Å². The number of rotatable bonds is 5. The standard InChI is InChI=1S/C11H18N4O2/c1-4-13-10(16)7(2)14-9-6-5-8(12)11(15-9)17-3/h5-7H,4,12H2,1-3H3,(H,13,16)(H,14,15). The molecule has 0 saturated carbocycles. The summed E-state index contributed by atoms with van der Waals surface area (Å²) >= 11 is 0. The first kappa shape index (κ1) is 13.1. The molecule has 17 heavy (non-hydrogen) atoms. The van der Waals surface area contributed by atoms with E-state index in [9.17, 15) is 4.79 Å². The number of likely N-dealkylation sites (N-methyl/N-ethyl adjacent to an activating group) is 1. The van der Waals surface area contributed by atoms with Crippen molar-refractivity contribution in [2.45, 2.75) is 19.9 Å². The predicted octanol–water partition coefficient (Wildman–Crippen LogP) is 0.609. The van der Waals surface area contributed by atoms with Gasteiger partial charge in [0, 0.05) is 6.54 Å². The minimum atomic E-state index is -0.365. The Morgan fingerprint density at radius 2 is 2.29 bits per heavy atom. The molecule has 0 fully saturated rings. The summed E-state index contributed by atoms with van der Waals surface area (Å²) < 4.78 is 5.00. The number of hydrogen-bond donors (Lipinski definition) is 3. The van der Waals surface area contributed by atoms with E-state index in [1.807, 2.05) is 6.92 Å². The molecule has 0 aliphatic rings. The third kappa shape index (κ3) is 3.51. The zero-order valence-corrected chi connectivity index (χ0v) is 10.3. The number of ether oxygens (including phenoxy) is 1. The Bertz CT molecular complexity index is 395. The lowest BCUT2D eigenvalue weighted by Gasteiger charge is -2.14. The largest absolute Gasteiger partial charge is 0.479 e. The van der Waals surface area contributed by atoms with Crippen LogP contribution in [0.2, 0.25) is 0 Å². The molecular weight excluding hydrogens is 220 g/mol. The predicted molar refractivity (Wildman–Crippen MR) is 67.0 cm³/mol. The van der Waals surface area contributed by atoms with Crippen molar-refractivity contribution in [2.24, 2.45) is 0 Å². The Kier molecular flexibility index (Phi) is 4.56. The minimum Gasteiger partial charge on any atom is -0.479 e. The van der Waals surface area contributed by atoms with Gasteiger partial charge in [-0.05, 0) is 26.0 Å². The second kappa shape index (κ2) is 5.93. The van der Waals surface area contributed by atoms with Crippen molar-refractivity contribution in [1.29, 1.82) is 0 Å². The molecule has 0 bridgehead atoms. The van der Waals surface area contributed by atoms with Gasteiger partial charge in [0.25, 0.3) is 0 Å². The Labute approximate surface area is 101 Å². The van der Waals surface area contributed by atoms with Gasteiger partial charge in [-0.15, -0.1) is 0 Å². The van der Waals surface area contributed by atoms with Crippen molar-refractivity contribution in [3.63, 3.8) is 0 Å². The highest BCUT2D eigenvalue weighted by Crippen LogP contribution is 2.20. The van der Waals surface area contributed by atoms with Crippen LogP contribution in [0.3, 0.4) is 0 Å². The zero-order chi connectivity index (χ0) is 12.8. The van der Waals surface area contributed by atoms with Crippen molar-refractivity contribution in [1.82, 2.24) is 10.3 Å². The number of aromatic nitrogens is 1. The Hall–Kier alpha value is -1.98. The van der Waals surface area contributed by atoms with Gasteiger partial charge < -0.3 is 21.1 Å². The molecule has 94 valence electrons. The van der Waals surface area contributed by atoms with Crippen LogP contribution in [0.1, 0.15) is 13.8 Å². The maximum absolute atomic E-state index is 11.5. The lowest BCUT2D eigenvalue weighted by Crippen LogP contribution is -2.37. The molecule has 1 aromatic heterocycles. The topological polar surface area (TPSA) is 89.3 Å². The molecule has 1 aromatic rings. The maximum Gasteiger partial charge on any atom is 0.242 e. The third-order valence-corrected chi connectivity index (χ3v) is 2.19. The SMILES string of the molecule is CCNC(=O)C(C)Nc1ccc(N)c(OC)n1. The first-order chi connectivity index (χ1) is 8.08. The van der Waals surface area contributed by atoms with Crippen molar-refractivity contribution >= 4 is 17.4 Å². The highest BCUT2D eigenvalue weighted by Gasteiger charge is 2.12. The first-order valence-corrected chi connectivity index (χ1v) is 5.43. The quantitative estimate of drug-likeness (QED) is 0.699. The third-order valence-electron chi connectivity index (χ3n) is 2.19. The van der Waals surface area contributed by atoms with E-state index in [0.29, 0.717) is 23.9 Å². The Morgan fingerprint density at radius 3 is 2.88 bits per heavy atom. The normalized spacial score (nSPS) is 11.7. The lowest BCUT2D eigenvalue weighted by molar-refractivity contribution is -0.121. The zero-order valence-electron chi connectivity index (χ0n) is 10.3. The van der Waals surface area contributed by atoms with Gasteiger partial charge in [-0.3, -0.25) is 4.79 Å². The van der Waals surface area contributed by atoms with E-state index < -0.39 is 0 Å². The van der Waals surface area contributed by atoms with Gasteiger partial charge in [0.05, 0.1) is 12.8 Å². The number of nitrogens with two attached hydrogens (primary N) is 1. The summed E-state index contributed by atoms with van der Waals surface area (Å²) in [7, 11) is 1.50. The highest BCUT2D eigenvalue weighted by molar-refractivity contribution is 5.83.